The van der Waals surface area contributed by atoms with Crippen LogP contribution < -0.4 is 11.1 Å². The lowest BCUT2D eigenvalue weighted by Gasteiger charge is -2.34. The molecule has 1 aliphatic carbocycles. The number of hydrogen-bond acceptors (Lipinski definition) is 2. The molecule has 1 fully saturated rings. The van der Waals surface area contributed by atoms with Gasteiger partial charge < -0.3 is 11.1 Å². The van der Waals surface area contributed by atoms with Gasteiger partial charge in [-0.15, -0.1) is 0 Å². The summed E-state index contributed by atoms with van der Waals surface area (Å²) in [4.78, 5) is 12.5. The number of halogens is 2. The first-order valence-corrected chi connectivity index (χ1v) is 6.93. The minimum absolute atomic E-state index is 0.117. The van der Waals surface area contributed by atoms with Gasteiger partial charge in [0.05, 0.1) is 16.1 Å². The molecule has 1 saturated carbocycles. The number of rotatable bonds is 3. The molecule has 3 nitrogen and oxygen atoms in total. The average molecular weight is 298 g/mol. The van der Waals surface area contributed by atoms with Gasteiger partial charge in [0.2, 0.25) is 5.91 Å². The van der Waals surface area contributed by atoms with E-state index in [1.54, 1.807) is 0 Å². The molecule has 20 heavy (non-hydrogen) atoms. The zero-order chi connectivity index (χ0) is 14.8. The number of hydrogen-bond donors (Lipinski definition) is 2. The molecule has 1 aliphatic rings. The second kappa shape index (κ2) is 5.83. The number of nitrogens with one attached hydrogen (secondary N) is 1. The predicted octanol–water partition coefficient (Wildman–Crippen LogP) is 3.14. The molecular weight excluding hydrogens is 282 g/mol. The summed E-state index contributed by atoms with van der Waals surface area (Å²) in [5, 5.41) is 2.42. The molecule has 0 aromatic heterocycles. The van der Waals surface area contributed by atoms with Crippen LogP contribution in [0.2, 0.25) is 0 Å². The normalized spacial score (nSPS) is 17.5. The summed E-state index contributed by atoms with van der Waals surface area (Å²) in [6, 6.07) is 2.91. The molecule has 0 spiro atoms. The second-order valence-electron chi connectivity index (χ2n) is 5.09. The summed E-state index contributed by atoms with van der Waals surface area (Å²) in [5.74, 6) is -1.75. The summed E-state index contributed by atoms with van der Waals surface area (Å²) >= 11 is 5.03. The van der Waals surface area contributed by atoms with Crippen molar-refractivity contribution in [1.82, 2.24) is 0 Å². The molecule has 6 heteroatoms. The first kappa shape index (κ1) is 14.8. The number of benzene rings is 1. The zero-order valence-electron chi connectivity index (χ0n) is 10.9. The fraction of sp³-hybridized carbons (Fsp3) is 0.429. The number of amides is 1. The number of carbonyl (C=O) groups excluding carboxylic acids is 1. The molecule has 108 valence electrons. The summed E-state index contributed by atoms with van der Waals surface area (Å²) in [7, 11) is 0. The van der Waals surface area contributed by atoms with Crippen molar-refractivity contribution in [2.75, 3.05) is 5.32 Å². The van der Waals surface area contributed by atoms with Crippen molar-refractivity contribution in [1.29, 1.82) is 0 Å². The lowest BCUT2D eigenvalue weighted by Crippen LogP contribution is -2.47. The van der Waals surface area contributed by atoms with Gasteiger partial charge in [-0.3, -0.25) is 4.79 Å². The van der Waals surface area contributed by atoms with E-state index in [9.17, 15) is 13.6 Å². The Morgan fingerprint density at radius 1 is 1.25 bits per heavy atom. The Kier molecular flexibility index (Phi) is 4.32. The maximum absolute atomic E-state index is 13.6. The van der Waals surface area contributed by atoms with Gasteiger partial charge in [0.1, 0.15) is 11.6 Å². The Balaban J connectivity index is 2.25. The molecular formula is C14H16F2N2OS. The minimum Gasteiger partial charge on any atom is -0.392 e. The van der Waals surface area contributed by atoms with Crippen LogP contribution in [0.25, 0.3) is 0 Å². The molecule has 1 amide bonds. The van der Waals surface area contributed by atoms with Crippen molar-refractivity contribution in [3.05, 3.63) is 29.8 Å². The molecule has 0 atom stereocenters. The molecule has 0 saturated heterocycles. The first-order valence-electron chi connectivity index (χ1n) is 6.52. The standard InChI is InChI=1S/C14H16F2N2OS/c15-9-4-5-10(16)11(8-9)18-13(19)14(12(17)20)6-2-1-3-7-14/h4-5,8H,1-3,6-7H2,(H2,17,20)(H,18,19). The van der Waals surface area contributed by atoms with E-state index in [1.165, 1.54) is 0 Å². The predicted molar refractivity (Wildman–Crippen MR) is 77.3 cm³/mol. The van der Waals surface area contributed by atoms with E-state index in [0.29, 0.717) is 12.8 Å². The van der Waals surface area contributed by atoms with Crippen LogP contribution in [-0.4, -0.2) is 10.9 Å². The number of carbonyl (C=O) groups is 1. The van der Waals surface area contributed by atoms with Crippen LogP contribution in [0.15, 0.2) is 18.2 Å². The van der Waals surface area contributed by atoms with E-state index in [1.807, 2.05) is 0 Å². The third-order valence-electron chi connectivity index (χ3n) is 3.79. The number of anilines is 1. The van der Waals surface area contributed by atoms with Gasteiger partial charge >= 0.3 is 0 Å². The van der Waals surface area contributed by atoms with Gasteiger partial charge in [-0.05, 0) is 25.0 Å². The minimum atomic E-state index is -0.952. The number of nitrogens with two attached hydrogens (primary N) is 1. The molecule has 0 unspecified atom stereocenters. The summed E-state index contributed by atoms with van der Waals surface area (Å²) in [6.45, 7) is 0. The molecule has 0 radical (unpaired) electrons. The lowest BCUT2D eigenvalue weighted by atomic mass is 9.73. The molecule has 2 rings (SSSR count). The lowest BCUT2D eigenvalue weighted by molar-refractivity contribution is -0.123. The second-order valence-corrected chi connectivity index (χ2v) is 5.53. The van der Waals surface area contributed by atoms with Crippen LogP contribution >= 0.6 is 12.2 Å². The van der Waals surface area contributed by atoms with Gasteiger partial charge in [-0.2, -0.15) is 0 Å². The maximum atomic E-state index is 13.6. The van der Waals surface area contributed by atoms with Crippen LogP contribution in [-0.2, 0) is 4.79 Å². The monoisotopic (exact) mass is 298 g/mol. The van der Waals surface area contributed by atoms with Crippen LogP contribution in [0, 0.1) is 17.0 Å². The molecule has 3 N–H and O–H groups in total. The summed E-state index contributed by atoms with van der Waals surface area (Å²) in [5.41, 5.74) is 4.59. The molecule has 0 aliphatic heterocycles. The molecule has 0 bridgehead atoms. The van der Waals surface area contributed by atoms with E-state index >= 15 is 0 Å². The fourth-order valence-corrected chi connectivity index (χ4v) is 2.87. The SMILES string of the molecule is NC(=S)C1(C(=O)Nc2cc(F)ccc2F)CCCCC1. The Labute approximate surface area is 121 Å². The highest BCUT2D eigenvalue weighted by atomic mass is 32.1. The van der Waals surface area contributed by atoms with E-state index < -0.39 is 23.0 Å². The van der Waals surface area contributed by atoms with Crippen LogP contribution in [0.3, 0.4) is 0 Å². The van der Waals surface area contributed by atoms with Crippen molar-refractivity contribution in [2.24, 2.45) is 11.1 Å². The van der Waals surface area contributed by atoms with Crippen molar-refractivity contribution in [3.8, 4) is 0 Å². The Morgan fingerprint density at radius 2 is 1.90 bits per heavy atom. The topological polar surface area (TPSA) is 55.1 Å². The zero-order valence-corrected chi connectivity index (χ0v) is 11.7. The summed E-state index contributed by atoms with van der Waals surface area (Å²) < 4.78 is 26.7. The molecule has 1 aromatic rings. The van der Waals surface area contributed by atoms with Gasteiger partial charge in [-0.1, -0.05) is 31.5 Å². The maximum Gasteiger partial charge on any atom is 0.237 e. The third kappa shape index (κ3) is 2.80. The van der Waals surface area contributed by atoms with Gasteiger partial charge in [-0.25, -0.2) is 8.78 Å². The Hall–Kier alpha value is -1.56. The van der Waals surface area contributed by atoms with Gasteiger partial charge in [0.25, 0.3) is 0 Å². The van der Waals surface area contributed by atoms with E-state index in [-0.39, 0.29) is 10.7 Å². The third-order valence-corrected chi connectivity index (χ3v) is 4.18. The van der Waals surface area contributed by atoms with Crippen molar-refractivity contribution >= 4 is 28.8 Å². The Morgan fingerprint density at radius 3 is 2.50 bits per heavy atom. The summed E-state index contributed by atoms with van der Waals surface area (Å²) in [6.07, 6.45) is 3.80. The molecule has 0 heterocycles. The number of thiocarbonyl (C=S) groups is 1. The quantitative estimate of drug-likeness (QED) is 0.843. The van der Waals surface area contributed by atoms with E-state index in [2.05, 4.69) is 5.32 Å². The van der Waals surface area contributed by atoms with Crippen LogP contribution in [0.5, 0.6) is 0 Å². The van der Waals surface area contributed by atoms with Crippen molar-refractivity contribution < 1.29 is 13.6 Å². The highest BCUT2D eigenvalue weighted by Crippen LogP contribution is 2.38. The smallest absolute Gasteiger partial charge is 0.237 e. The van der Waals surface area contributed by atoms with E-state index in [4.69, 9.17) is 18.0 Å². The van der Waals surface area contributed by atoms with E-state index in [0.717, 1.165) is 37.5 Å². The van der Waals surface area contributed by atoms with Crippen molar-refractivity contribution in [2.45, 2.75) is 32.1 Å². The van der Waals surface area contributed by atoms with Crippen LogP contribution in [0.4, 0.5) is 14.5 Å². The molecule has 1 aromatic carbocycles. The highest BCUT2D eigenvalue weighted by molar-refractivity contribution is 7.80. The van der Waals surface area contributed by atoms with Crippen LogP contribution in [0.1, 0.15) is 32.1 Å². The van der Waals surface area contributed by atoms with Gasteiger partial charge in [0.15, 0.2) is 0 Å². The Bertz CT molecular complexity index is 542. The average Bonchev–Trinajstić information content (AvgIpc) is 2.43. The largest absolute Gasteiger partial charge is 0.392 e. The van der Waals surface area contributed by atoms with Gasteiger partial charge in [0, 0.05) is 6.07 Å². The first-order chi connectivity index (χ1) is 9.45. The highest BCUT2D eigenvalue weighted by Gasteiger charge is 2.42. The van der Waals surface area contributed by atoms with Crippen molar-refractivity contribution in [3.63, 3.8) is 0 Å². The fourth-order valence-electron chi connectivity index (χ4n) is 2.58.